The molecule has 0 aliphatic heterocycles. The molecule has 0 atom stereocenters. The second-order valence-corrected chi connectivity index (χ2v) is 6.69. The first-order valence-electron chi connectivity index (χ1n) is 8.18. The van der Waals surface area contributed by atoms with E-state index in [1.165, 1.54) is 31.4 Å². The lowest BCUT2D eigenvalue weighted by Gasteiger charge is -2.37. The number of hydrogen-bond acceptors (Lipinski definition) is 2. The zero-order valence-electron chi connectivity index (χ0n) is 15.2. The van der Waals surface area contributed by atoms with Gasteiger partial charge in [0, 0.05) is 45.1 Å². The van der Waals surface area contributed by atoms with Crippen molar-refractivity contribution in [3.8, 4) is 0 Å². The molecule has 0 amide bonds. The predicted molar refractivity (Wildman–Crippen MR) is 109 cm³/mol. The molecule has 6 heteroatoms. The Kier molecular flexibility index (Phi) is 7.86. The molecule has 132 valence electrons. The number of hydrogen-bond donors (Lipinski definition) is 1. The van der Waals surface area contributed by atoms with Crippen molar-refractivity contribution in [3.63, 3.8) is 0 Å². The first-order chi connectivity index (χ1) is 10.5. The van der Waals surface area contributed by atoms with Gasteiger partial charge in [0.05, 0.1) is 6.54 Å². The zero-order chi connectivity index (χ0) is 16.2. The number of guanidine groups is 1. The lowest BCUT2D eigenvalue weighted by atomic mass is 9.96. The Hall–Kier alpha value is -0.760. The van der Waals surface area contributed by atoms with Crippen LogP contribution in [-0.4, -0.2) is 60.6 Å². The predicted octanol–water partition coefficient (Wildman–Crippen LogP) is 2.52. The van der Waals surface area contributed by atoms with Crippen LogP contribution in [0.5, 0.6) is 0 Å². The third kappa shape index (κ3) is 4.86. The summed E-state index contributed by atoms with van der Waals surface area (Å²) in [5.74, 6) is 0.967. The SMILES string of the molecule is CN=C(NCC1(N(C)C)CCCC1)N(C)Cc1cccn1C.I. The van der Waals surface area contributed by atoms with Crippen molar-refractivity contribution in [1.29, 1.82) is 0 Å². The summed E-state index contributed by atoms with van der Waals surface area (Å²) in [6.07, 6.45) is 7.28. The monoisotopic (exact) mass is 433 g/mol. The molecule has 1 aliphatic rings. The number of aliphatic imine (C=N–C) groups is 1. The number of aromatic nitrogens is 1. The minimum Gasteiger partial charge on any atom is -0.354 e. The van der Waals surface area contributed by atoms with Crippen molar-refractivity contribution < 1.29 is 0 Å². The minimum absolute atomic E-state index is 0. The van der Waals surface area contributed by atoms with Crippen LogP contribution in [0.25, 0.3) is 0 Å². The molecule has 0 unspecified atom stereocenters. The third-order valence-corrected chi connectivity index (χ3v) is 5.08. The third-order valence-electron chi connectivity index (χ3n) is 5.08. The van der Waals surface area contributed by atoms with Gasteiger partial charge in [-0.2, -0.15) is 0 Å². The largest absolute Gasteiger partial charge is 0.354 e. The molecule has 1 fully saturated rings. The molecule has 0 bridgehead atoms. The molecule has 1 aromatic rings. The van der Waals surface area contributed by atoms with Gasteiger partial charge in [-0.1, -0.05) is 12.8 Å². The van der Waals surface area contributed by atoms with Crippen molar-refractivity contribution in [1.82, 2.24) is 19.7 Å². The van der Waals surface area contributed by atoms with Crippen molar-refractivity contribution in [2.45, 2.75) is 37.8 Å². The van der Waals surface area contributed by atoms with E-state index in [1.54, 1.807) is 0 Å². The molecule has 0 spiro atoms. The van der Waals surface area contributed by atoms with Gasteiger partial charge in [0.1, 0.15) is 0 Å². The Morgan fingerprint density at radius 3 is 2.43 bits per heavy atom. The van der Waals surface area contributed by atoms with Crippen LogP contribution in [0.3, 0.4) is 0 Å². The number of halogens is 1. The van der Waals surface area contributed by atoms with Gasteiger partial charge >= 0.3 is 0 Å². The number of aryl methyl sites for hydroxylation is 1. The average molecular weight is 433 g/mol. The van der Waals surface area contributed by atoms with Crippen molar-refractivity contribution >= 4 is 29.9 Å². The van der Waals surface area contributed by atoms with Gasteiger partial charge in [0.15, 0.2) is 5.96 Å². The van der Waals surface area contributed by atoms with E-state index in [-0.39, 0.29) is 29.5 Å². The second-order valence-electron chi connectivity index (χ2n) is 6.69. The Labute approximate surface area is 158 Å². The topological polar surface area (TPSA) is 35.8 Å². The van der Waals surface area contributed by atoms with E-state index in [4.69, 9.17) is 0 Å². The highest BCUT2D eigenvalue weighted by atomic mass is 127. The molecule has 2 rings (SSSR count). The van der Waals surface area contributed by atoms with E-state index in [9.17, 15) is 0 Å². The van der Waals surface area contributed by atoms with Gasteiger partial charge in [-0.3, -0.25) is 4.99 Å². The summed E-state index contributed by atoms with van der Waals surface area (Å²) in [5, 5.41) is 3.59. The lowest BCUT2D eigenvalue weighted by Crippen LogP contribution is -2.53. The van der Waals surface area contributed by atoms with Gasteiger partial charge in [0.2, 0.25) is 0 Å². The van der Waals surface area contributed by atoms with Gasteiger partial charge < -0.3 is 19.7 Å². The van der Waals surface area contributed by atoms with Crippen LogP contribution in [0.15, 0.2) is 23.3 Å². The van der Waals surface area contributed by atoms with E-state index in [0.717, 1.165) is 19.0 Å². The highest BCUT2D eigenvalue weighted by Gasteiger charge is 2.36. The van der Waals surface area contributed by atoms with Crippen LogP contribution in [0.4, 0.5) is 0 Å². The van der Waals surface area contributed by atoms with Crippen molar-refractivity contribution in [2.75, 3.05) is 34.7 Å². The highest BCUT2D eigenvalue weighted by molar-refractivity contribution is 14.0. The molecule has 23 heavy (non-hydrogen) atoms. The molecule has 1 saturated carbocycles. The fraction of sp³-hybridized carbons (Fsp3) is 0.706. The number of likely N-dealkylation sites (N-methyl/N-ethyl adjacent to an activating group) is 1. The van der Waals surface area contributed by atoms with Gasteiger partial charge in [-0.05, 0) is 39.1 Å². The summed E-state index contributed by atoms with van der Waals surface area (Å²) in [7, 11) is 10.4. The molecule has 1 aliphatic carbocycles. The summed E-state index contributed by atoms with van der Waals surface area (Å²) in [5.41, 5.74) is 1.57. The normalized spacial score (nSPS) is 17.2. The molecule has 0 saturated heterocycles. The van der Waals surface area contributed by atoms with Crippen LogP contribution in [-0.2, 0) is 13.6 Å². The van der Waals surface area contributed by atoms with E-state index < -0.39 is 0 Å². The maximum atomic E-state index is 4.45. The maximum absolute atomic E-state index is 4.45. The molecule has 1 heterocycles. The van der Waals surface area contributed by atoms with E-state index in [1.807, 2.05) is 7.05 Å². The van der Waals surface area contributed by atoms with Crippen LogP contribution in [0, 0.1) is 0 Å². The summed E-state index contributed by atoms with van der Waals surface area (Å²) in [4.78, 5) is 9.03. The fourth-order valence-electron chi connectivity index (χ4n) is 3.42. The maximum Gasteiger partial charge on any atom is 0.193 e. The molecular weight excluding hydrogens is 401 g/mol. The molecular formula is C17H32IN5. The Balaban J connectivity index is 0.00000264. The fourth-order valence-corrected chi connectivity index (χ4v) is 3.42. The average Bonchev–Trinajstić information content (AvgIpc) is 3.10. The van der Waals surface area contributed by atoms with Crippen molar-refractivity contribution in [2.24, 2.45) is 12.0 Å². The molecule has 1 aromatic heterocycles. The summed E-state index contributed by atoms with van der Waals surface area (Å²) in [6, 6.07) is 4.24. The van der Waals surface area contributed by atoms with E-state index in [0.29, 0.717) is 0 Å². The second kappa shape index (κ2) is 8.92. The zero-order valence-corrected chi connectivity index (χ0v) is 17.5. The Morgan fingerprint density at radius 1 is 1.30 bits per heavy atom. The Morgan fingerprint density at radius 2 is 1.96 bits per heavy atom. The van der Waals surface area contributed by atoms with Crippen molar-refractivity contribution in [3.05, 3.63) is 24.0 Å². The van der Waals surface area contributed by atoms with Gasteiger partial charge in [-0.25, -0.2) is 0 Å². The molecule has 0 radical (unpaired) electrons. The smallest absolute Gasteiger partial charge is 0.193 e. The first kappa shape index (κ1) is 20.3. The number of rotatable bonds is 5. The minimum atomic E-state index is 0. The summed E-state index contributed by atoms with van der Waals surface area (Å²) in [6.45, 7) is 1.82. The quantitative estimate of drug-likeness (QED) is 0.441. The summed E-state index contributed by atoms with van der Waals surface area (Å²) < 4.78 is 2.15. The van der Waals surface area contributed by atoms with E-state index >= 15 is 0 Å². The van der Waals surface area contributed by atoms with Gasteiger partial charge in [-0.15, -0.1) is 24.0 Å². The highest BCUT2D eigenvalue weighted by Crippen LogP contribution is 2.33. The first-order valence-corrected chi connectivity index (χ1v) is 8.18. The van der Waals surface area contributed by atoms with Crippen LogP contribution in [0.2, 0.25) is 0 Å². The van der Waals surface area contributed by atoms with E-state index in [2.05, 4.69) is 71.2 Å². The van der Waals surface area contributed by atoms with Crippen LogP contribution >= 0.6 is 24.0 Å². The number of nitrogens with one attached hydrogen (secondary N) is 1. The van der Waals surface area contributed by atoms with Gasteiger partial charge in [0.25, 0.3) is 0 Å². The van der Waals surface area contributed by atoms with Crippen LogP contribution < -0.4 is 5.32 Å². The molecule has 0 aromatic carbocycles. The lowest BCUT2D eigenvalue weighted by molar-refractivity contribution is 0.159. The summed E-state index contributed by atoms with van der Waals surface area (Å²) >= 11 is 0. The Bertz CT molecular complexity index is 503. The molecule has 5 nitrogen and oxygen atoms in total. The number of nitrogens with zero attached hydrogens (tertiary/aromatic N) is 4. The standard InChI is InChI=1S/C17H31N5.HI/c1-18-16(22(5)13-15-9-8-12-21(15)4)19-14-17(20(2)3)10-6-7-11-17;/h8-9,12H,6-7,10-11,13-14H2,1-5H3,(H,18,19);1H. The molecule has 1 N–H and O–H groups in total. The van der Waals surface area contributed by atoms with Crippen LogP contribution in [0.1, 0.15) is 31.4 Å².